The molecule has 0 saturated heterocycles. The third kappa shape index (κ3) is 2.50. The summed E-state index contributed by atoms with van der Waals surface area (Å²) in [5.74, 6) is -0.118. The second kappa shape index (κ2) is 4.15. The lowest BCUT2D eigenvalue weighted by Gasteiger charge is -2.12. The molecule has 1 unspecified atom stereocenters. The second-order valence-electron chi connectivity index (χ2n) is 3.42. The highest BCUT2D eigenvalue weighted by molar-refractivity contribution is 5.40. The maximum atomic E-state index is 9.66. The molecule has 1 atom stereocenters. The number of hydrogen-bond acceptors (Lipinski definition) is 3. The Morgan fingerprint density at radius 2 is 2.07 bits per heavy atom. The molecule has 0 radical (unpaired) electrons. The molecule has 3 nitrogen and oxygen atoms in total. The van der Waals surface area contributed by atoms with Gasteiger partial charge < -0.3 is 15.3 Å². The summed E-state index contributed by atoms with van der Waals surface area (Å²) < 4.78 is 0. The molecule has 0 heterocycles. The fourth-order valence-electron chi connectivity index (χ4n) is 1.25. The summed E-state index contributed by atoms with van der Waals surface area (Å²) >= 11 is 0. The first-order valence-electron chi connectivity index (χ1n) is 4.35. The highest BCUT2D eigenvalue weighted by Crippen LogP contribution is 2.30. The first kappa shape index (κ1) is 10.6. The average molecular weight is 194 g/mol. The molecule has 0 fully saturated rings. The average Bonchev–Trinajstić information content (AvgIpc) is 2.01. The van der Waals surface area contributed by atoms with Crippen LogP contribution in [0, 0.1) is 0 Å². The van der Waals surface area contributed by atoms with Crippen molar-refractivity contribution in [3.63, 3.8) is 0 Å². The third-order valence-corrected chi connectivity index (χ3v) is 1.91. The molecule has 0 aliphatic heterocycles. The Kier molecular flexibility index (Phi) is 3.14. The van der Waals surface area contributed by atoms with E-state index in [1.54, 1.807) is 6.92 Å². The van der Waals surface area contributed by atoms with Crippen LogP contribution in [0.5, 0.6) is 11.5 Å². The van der Waals surface area contributed by atoms with Gasteiger partial charge in [-0.3, -0.25) is 0 Å². The Hall–Kier alpha value is -1.48. The highest BCUT2D eigenvalue weighted by Gasteiger charge is 2.12. The molecule has 0 saturated carbocycles. The van der Waals surface area contributed by atoms with E-state index in [-0.39, 0.29) is 11.5 Å². The monoisotopic (exact) mass is 194 g/mol. The van der Waals surface area contributed by atoms with Gasteiger partial charge in [0.25, 0.3) is 0 Å². The topological polar surface area (TPSA) is 60.7 Å². The zero-order valence-electron chi connectivity index (χ0n) is 8.07. The van der Waals surface area contributed by atoms with Crippen LogP contribution >= 0.6 is 0 Å². The molecule has 3 heteroatoms. The van der Waals surface area contributed by atoms with Crippen LogP contribution in [-0.2, 0) is 0 Å². The number of phenols is 2. The number of aromatic hydroxyl groups is 2. The van der Waals surface area contributed by atoms with Gasteiger partial charge in [-0.2, -0.15) is 0 Å². The van der Waals surface area contributed by atoms with E-state index in [4.69, 9.17) is 5.11 Å². The van der Waals surface area contributed by atoms with Gasteiger partial charge in [-0.1, -0.05) is 5.57 Å². The van der Waals surface area contributed by atoms with Crippen LogP contribution in [0.1, 0.15) is 25.0 Å². The lowest BCUT2D eigenvalue weighted by Crippen LogP contribution is -1.97. The van der Waals surface area contributed by atoms with Crippen LogP contribution in [0.2, 0.25) is 0 Å². The highest BCUT2D eigenvalue weighted by atomic mass is 16.3. The third-order valence-electron chi connectivity index (χ3n) is 1.91. The van der Waals surface area contributed by atoms with Gasteiger partial charge >= 0.3 is 0 Å². The number of rotatable bonds is 3. The van der Waals surface area contributed by atoms with Crippen LogP contribution in [0.3, 0.4) is 0 Å². The lowest BCUT2D eigenvalue weighted by molar-refractivity contribution is 0.174. The first-order chi connectivity index (χ1) is 6.50. The summed E-state index contributed by atoms with van der Waals surface area (Å²) in [5, 5.41) is 28.1. The summed E-state index contributed by atoms with van der Waals surface area (Å²) in [6, 6.07) is 4.13. The number of phenolic OH excluding ortho intramolecular Hbond substituents is 2. The zero-order chi connectivity index (χ0) is 10.7. The van der Waals surface area contributed by atoms with E-state index in [0.717, 1.165) is 5.57 Å². The molecule has 0 aliphatic rings. The summed E-state index contributed by atoms with van der Waals surface area (Å²) in [7, 11) is 0. The summed E-state index contributed by atoms with van der Waals surface area (Å²) in [6.45, 7) is 5.48. The SMILES string of the molecule is C=C(C)CC(O)c1ccc(O)cc1O. The molecule has 14 heavy (non-hydrogen) atoms. The molecule has 0 spiro atoms. The van der Waals surface area contributed by atoms with Crippen molar-refractivity contribution >= 4 is 0 Å². The second-order valence-corrected chi connectivity index (χ2v) is 3.42. The maximum Gasteiger partial charge on any atom is 0.125 e. The Balaban J connectivity index is 2.90. The molecule has 1 rings (SSSR count). The molecule has 0 bridgehead atoms. The Labute approximate surface area is 82.9 Å². The summed E-state index contributed by atoms with van der Waals surface area (Å²) in [4.78, 5) is 0. The molecule has 0 aromatic heterocycles. The minimum atomic E-state index is -0.770. The molecular weight excluding hydrogens is 180 g/mol. The van der Waals surface area contributed by atoms with Crippen LogP contribution in [-0.4, -0.2) is 15.3 Å². The van der Waals surface area contributed by atoms with E-state index in [1.807, 2.05) is 0 Å². The molecular formula is C11H14O3. The summed E-state index contributed by atoms with van der Waals surface area (Å²) in [6.07, 6.45) is -0.369. The molecule has 0 amide bonds. The molecule has 76 valence electrons. The minimum absolute atomic E-state index is 0.0197. The fraction of sp³-hybridized carbons (Fsp3) is 0.273. The van der Waals surface area contributed by atoms with Crippen molar-refractivity contribution in [1.82, 2.24) is 0 Å². The van der Waals surface area contributed by atoms with Gasteiger partial charge in [0, 0.05) is 11.6 Å². The van der Waals surface area contributed by atoms with Crippen LogP contribution in [0.25, 0.3) is 0 Å². The van der Waals surface area contributed by atoms with Crippen molar-refractivity contribution in [3.05, 3.63) is 35.9 Å². The number of hydrogen-bond donors (Lipinski definition) is 3. The van der Waals surface area contributed by atoms with Gasteiger partial charge in [0.2, 0.25) is 0 Å². The van der Waals surface area contributed by atoms with Crippen molar-refractivity contribution in [2.75, 3.05) is 0 Å². The van der Waals surface area contributed by atoms with E-state index in [0.29, 0.717) is 12.0 Å². The van der Waals surface area contributed by atoms with Crippen LogP contribution in [0.15, 0.2) is 30.4 Å². The van der Waals surface area contributed by atoms with Gasteiger partial charge in [-0.15, -0.1) is 6.58 Å². The van der Waals surface area contributed by atoms with Crippen LogP contribution < -0.4 is 0 Å². The Bertz CT molecular complexity index is 344. The van der Waals surface area contributed by atoms with Crippen molar-refractivity contribution in [2.24, 2.45) is 0 Å². The van der Waals surface area contributed by atoms with Gasteiger partial charge in [0.15, 0.2) is 0 Å². The summed E-state index contributed by atoms with van der Waals surface area (Å²) in [5.41, 5.74) is 1.25. The number of benzene rings is 1. The van der Waals surface area contributed by atoms with Crippen molar-refractivity contribution in [3.8, 4) is 11.5 Å². The minimum Gasteiger partial charge on any atom is -0.508 e. The number of aliphatic hydroxyl groups excluding tert-OH is 1. The molecule has 1 aromatic rings. The molecule has 3 N–H and O–H groups in total. The van der Waals surface area contributed by atoms with E-state index >= 15 is 0 Å². The quantitative estimate of drug-likeness (QED) is 0.646. The van der Waals surface area contributed by atoms with Gasteiger partial charge in [0.1, 0.15) is 11.5 Å². The predicted molar refractivity (Wildman–Crippen MR) is 54.2 cm³/mol. The zero-order valence-corrected chi connectivity index (χ0v) is 8.07. The van der Waals surface area contributed by atoms with Crippen molar-refractivity contribution < 1.29 is 15.3 Å². The van der Waals surface area contributed by atoms with Crippen LogP contribution in [0.4, 0.5) is 0 Å². The van der Waals surface area contributed by atoms with E-state index in [2.05, 4.69) is 6.58 Å². The van der Waals surface area contributed by atoms with Gasteiger partial charge in [-0.05, 0) is 25.5 Å². The van der Waals surface area contributed by atoms with Crippen molar-refractivity contribution in [2.45, 2.75) is 19.4 Å². The standard InChI is InChI=1S/C11H14O3/c1-7(2)5-10(13)9-4-3-8(12)6-11(9)14/h3-4,6,10,12-14H,1,5H2,2H3. The normalized spacial score (nSPS) is 12.4. The maximum absolute atomic E-state index is 9.66. The number of aliphatic hydroxyl groups is 1. The van der Waals surface area contributed by atoms with E-state index in [1.165, 1.54) is 18.2 Å². The van der Waals surface area contributed by atoms with Gasteiger partial charge in [0.05, 0.1) is 6.10 Å². The van der Waals surface area contributed by atoms with E-state index in [9.17, 15) is 10.2 Å². The lowest BCUT2D eigenvalue weighted by atomic mass is 10.0. The molecule has 1 aromatic carbocycles. The predicted octanol–water partition coefficient (Wildman–Crippen LogP) is 2.10. The Morgan fingerprint density at radius 1 is 1.43 bits per heavy atom. The smallest absolute Gasteiger partial charge is 0.125 e. The molecule has 0 aliphatic carbocycles. The Morgan fingerprint density at radius 3 is 2.57 bits per heavy atom. The van der Waals surface area contributed by atoms with Gasteiger partial charge in [-0.25, -0.2) is 0 Å². The van der Waals surface area contributed by atoms with E-state index < -0.39 is 6.10 Å². The largest absolute Gasteiger partial charge is 0.508 e. The first-order valence-corrected chi connectivity index (χ1v) is 4.35. The van der Waals surface area contributed by atoms with Crippen molar-refractivity contribution in [1.29, 1.82) is 0 Å². The fourth-order valence-corrected chi connectivity index (χ4v) is 1.25.